The monoisotopic (exact) mass is 362 g/mol. The molecule has 0 atom stereocenters. The Morgan fingerprint density at radius 3 is 0.444 bits per heavy atom. The van der Waals surface area contributed by atoms with Crippen LogP contribution in [-0.4, -0.2) is 0 Å². The Morgan fingerprint density at radius 2 is 0.444 bits per heavy atom. The van der Waals surface area contributed by atoms with Crippen molar-refractivity contribution in [2.24, 2.45) is 0 Å². The van der Waals surface area contributed by atoms with Gasteiger partial charge in [0.05, 0.1) is 0 Å². The van der Waals surface area contributed by atoms with E-state index < -0.39 is 0 Å². The SMILES string of the molecule is [Cl-].[Cl-].[Cl-].[Cl-].[Cl-].[Cl-].[K+].[Na+].[Zr+4]. The maximum atomic E-state index is 0. The van der Waals surface area contributed by atoms with Crippen molar-refractivity contribution in [3.63, 3.8) is 0 Å². The third kappa shape index (κ3) is 60.8. The van der Waals surface area contributed by atoms with Gasteiger partial charge >= 0.3 is 107 Å². The van der Waals surface area contributed by atoms with E-state index in [4.69, 9.17) is 0 Å². The Morgan fingerprint density at radius 1 is 0.444 bits per heavy atom. The average molecular weight is 366 g/mol. The van der Waals surface area contributed by atoms with Crippen LogP contribution in [0.15, 0.2) is 0 Å². The first-order chi connectivity index (χ1) is 0. The molecule has 0 rings (SSSR count). The molecule has 0 unspecified atom stereocenters. The van der Waals surface area contributed by atoms with Crippen LogP contribution in [0.4, 0.5) is 0 Å². The van der Waals surface area contributed by atoms with Crippen LogP contribution in [0.1, 0.15) is 0 Å². The third-order valence-corrected chi connectivity index (χ3v) is 0. The first-order valence-electron chi connectivity index (χ1n) is 0. The zero-order chi connectivity index (χ0) is 0. The molecule has 0 nitrogen and oxygen atoms in total. The van der Waals surface area contributed by atoms with Crippen molar-refractivity contribution >= 4 is 0 Å². The number of hydrogen-bond acceptors (Lipinski definition) is 0. The first kappa shape index (κ1) is 90.6. The van der Waals surface area contributed by atoms with Gasteiger partial charge in [0.25, 0.3) is 0 Å². The molecule has 0 aliphatic rings. The normalized spacial score (nSPS) is 0. The van der Waals surface area contributed by atoms with Crippen molar-refractivity contribution in [3.8, 4) is 0 Å². The molecule has 9 heavy (non-hydrogen) atoms. The van der Waals surface area contributed by atoms with Crippen molar-refractivity contribution in [1.29, 1.82) is 0 Å². The van der Waals surface area contributed by atoms with Gasteiger partial charge in [-0.3, -0.25) is 0 Å². The van der Waals surface area contributed by atoms with Gasteiger partial charge in [0.2, 0.25) is 0 Å². The minimum atomic E-state index is 0. The van der Waals surface area contributed by atoms with E-state index in [9.17, 15) is 0 Å². The van der Waals surface area contributed by atoms with Gasteiger partial charge in [0, 0.05) is 0 Å². The molecule has 0 bridgehead atoms. The molecule has 0 aromatic carbocycles. The summed E-state index contributed by atoms with van der Waals surface area (Å²) in [5, 5.41) is 0. The summed E-state index contributed by atoms with van der Waals surface area (Å²) in [7, 11) is 0. The van der Waals surface area contributed by atoms with Crippen LogP contribution < -0.4 is 155 Å². The molecule has 0 fully saturated rings. The molecule has 0 aliphatic carbocycles. The summed E-state index contributed by atoms with van der Waals surface area (Å²) in [6.45, 7) is 0. The van der Waals surface area contributed by atoms with E-state index in [1.165, 1.54) is 0 Å². The van der Waals surface area contributed by atoms with E-state index >= 15 is 0 Å². The zero-order valence-electron chi connectivity index (χ0n) is 4.77. The second kappa shape index (κ2) is 72.0. The number of rotatable bonds is 0. The standard InChI is InChI=1S/6ClH.K.Na.Zr/h6*1H;;;/q;;;;;;2*+1;+4/p-6. The van der Waals surface area contributed by atoms with Crippen LogP contribution in [-0.2, 0) is 26.2 Å². The largest absolute Gasteiger partial charge is 4.00 e. The maximum Gasteiger partial charge on any atom is 4.00 e. The van der Waals surface area contributed by atoms with E-state index in [0.29, 0.717) is 0 Å². The van der Waals surface area contributed by atoms with E-state index in [0.717, 1.165) is 0 Å². The predicted octanol–water partition coefficient (Wildman–Crippen LogP) is -24.0. The van der Waals surface area contributed by atoms with Crippen molar-refractivity contribution < 1.29 is 182 Å². The fourth-order valence-corrected chi connectivity index (χ4v) is 0. The summed E-state index contributed by atoms with van der Waals surface area (Å²) in [5.41, 5.74) is 0. The van der Waals surface area contributed by atoms with Crippen molar-refractivity contribution in [1.82, 2.24) is 0 Å². The maximum absolute atomic E-state index is 0. The number of hydrogen-bond donors (Lipinski definition) is 0. The molecule has 9 heteroatoms. The van der Waals surface area contributed by atoms with Crippen LogP contribution in [0.3, 0.4) is 0 Å². The van der Waals surface area contributed by atoms with E-state index in [1.807, 2.05) is 0 Å². The molecule has 0 aromatic rings. The van der Waals surface area contributed by atoms with Crippen molar-refractivity contribution in [2.75, 3.05) is 0 Å². The van der Waals surface area contributed by atoms with Gasteiger partial charge in [0.15, 0.2) is 0 Å². The van der Waals surface area contributed by atoms with Gasteiger partial charge in [-0.25, -0.2) is 0 Å². The first-order valence-corrected chi connectivity index (χ1v) is 0. The minimum Gasteiger partial charge on any atom is -1.00 e. The minimum absolute atomic E-state index is 0. The molecule has 0 heterocycles. The molecule has 48 valence electrons. The Kier molecular flexibility index (Phi) is 725. The Bertz CT molecular complexity index is 13.0. The molecule has 0 amide bonds. The molecule has 0 N–H and O–H groups in total. The average Bonchev–Trinajstić information content (AvgIpc) is 0. The molecule has 0 saturated heterocycles. The van der Waals surface area contributed by atoms with E-state index in [2.05, 4.69) is 0 Å². The smallest absolute Gasteiger partial charge is 1.00 e. The molecule has 0 aromatic heterocycles. The summed E-state index contributed by atoms with van der Waals surface area (Å²) in [4.78, 5) is 0. The van der Waals surface area contributed by atoms with Crippen LogP contribution >= 0.6 is 0 Å². The molecule has 0 saturated carbocycles. The van der Waals surface area contributed by atoms with Crippen LogP contribution in [0.2, 0.25) is 0 Å². The summed E-state index contributed by atoms with van der Waals surface area (Å²) in [6.07, 6.45) is 0. The van der Waals surface area contributed by atoms with Gasteiger partial charge in [0.1, 0.15) is 0 Å². The van der Waals surface area contributed by atoms with Gasteiger partial charge in [-0.1, -0.05) is 0 Å². The van der Waals surface area contributed by atoms with Crippen LogP contribution in [0.5, 0.6) is 0 Å². The molecule has 0 radical (unpaired) electrons. The Balaban J connectivity index is 0. The van der Waals surface area contributed by atoms with Gasteiger partial charge in [-0.2, -0.15) is 0 Å². The Hall–Kier alpha value is 5.26. The van der Waals surface area contributed by atoms with Crippen molar-refractivity contribution in [3.05, 3.63) is 0 Å². The van der Waals surface area contributed by atoms with Crippen LogP contribution in [0, 0.1) is 0 Å². The fraction of sp³-hybridized carbons (Fsp3) is 0. The predicted molar refractivity (Wildman–Crippen MR) is 0 cm³/mol. The summed E-state index contributed by atoms with van der Waals surface area (Å²) in [6, 6.07) is 0. The van der Waals surface area contributed by atoms with E-state index in [-0.39, 0.29) is 182 Å². The van der Waals surface area contributed by atoms with Gasteiger partial charge in [-0.15, -0.1) is 0 Å². The molecular weight excluding hydrogens is 366 g/mol. The second-order valence-corrected chi connectivity index (χ2v) is 0. The van der Waals surface area contributed by atoms with Gasteiger partial charge in [-0.05, 0) is 0 Å². The van der Waals surface area contributed by atoms with E-state index in [1.54, 1.807) is 0 Å². The summed E-state index contributed by atoms with van der Waals surface area (Å²) in [5.74, 6) is 0. The number of halogens is 6. The Labute approximate surface area is 177 Å². The topological polar surface area (TPSA) is 0 Å². The summed E-state index contributed by atoms with van der Waals surface area (Å²) < 4.78 is 0. The quantitative estimate of drug-likeness (QED) is 0.374. The fourth-order valence-electron chi connectivity index (χ4n) is 0. The summed E-state index contributed by atoms with van der Waals surface area (Å²) >= 11 is 0. The second-order valence-electron chi connectivity index (χ2n) is 0. The van der Waals surface area contributed by atoms with Gasteiger partial charge < -0.3 is 74.4 Å². The van der Waals surface area contributed by atoms with Crippen molar-refractivity contribution in [2.45, 2.75) is 0 Å². The zero-order valence-corrected chi connectivity index (χ0v) is 16.9. The molecular formula is Cl6KNaZr. The van der Waals surface area contributed by atoms with Crippen LogP contribution in [0.25, 0.3) is 0 Å². The molecule has 0 spiro atoms. The molecule has 0 aliphatic heterocycles. The third-order valence-electron chi connectivity index (χ3n) is 0.